The first kappa shape index (κ1) is 10.7. The van der Waals surface area contributed by atoms with Crippen LogP contribution >= 0.6 is 0 Å². The van der Waals surface area contributed by atoms with Crippen LogP contribution in [0.5, 0.6) is 0 Å². The molecule has 1 heterocycles. The highest BCUT2D eigenvalue weighted by Crippen LogP contribution is 2.47. The van der Waals surface area contributed by atoms with Crippen LogP contribution in [-0.4, -0.2) is 9.91 Å². The van der Waals surface area contributed by atoms with E-state index in [1.807, 2.05) is 0 Å². The van der Waals surface area contributed by atoms with Gasteiger partial charge in [0.1, 0.15) is 6.20 Å². The number of fused-ring (bicyclic) bond motifs is 1. The molecule has 90 valence electrons. The van der Waals surface area contributed by atoms with Gasteiger partial charge in [-0.25, -0.2) is 0 Å². The molecular weight excluding hydrogens is 216 g/mol. The molecule has 1 spiro atoms. The van der Waals surface area contributed by atoms with E-state index in [0.717, 1.165) is 24.1 Å². The maximum absolute atomic E-state index is 10.7. The molecule has 1 aromatic heterocycles. The second kappa shape index (κ2) is 3.79. The van der Waals surface area contributed by atoms with Gasteiger partial charge in [-0.05, 0) is 43.1 Å². The van der Waals surface area contributed by atoms with Gasteiger partial charge in [-0.15, -0.1) is 0 Å². The third-order valence-corrected chi connectivity index (χ3v) is 4.39. The number of aryl methyl sites for hydroxylation is 1. The van der Waals surface area contributed by atoms with Crippen molar-refractivity contribution in [3.05, 3.63) is 33.6 Å². The third kappa shape index (κ3) is 1.81. The summed E-state index contributed by atoms with van der Waals surface area (Å²) in [5.41, 5.74) is 2.79. The molecule has 0 bridgehead atoms. The van der Waals surface area contributed by atoms with Gasteiger partial charge >= 0.3 is 0 Å². The van der Waals surface area contributed by atoms with Gasteiger partial charge < -0.3 is 0 Å². The van der Waals surface area contributed by atoms with Gasteiger partial charge in [-0.1, -0.05) is 12.8 Å². The minimum Gasteiger partial charge on any atom is -0.258 e. The van der Waals surface area contributed by atoms with Crippen LogP contribution in [0, 0.1) is 15.5 Å². The SMILES string of the molecule is O=[N+]([O-])c1cnc2c(c1)CCC1(CCCC1)C2. The Kier molecular flexibility index (Phi) is 2.38. The molecule has 0 unspecified atom stereocenters. The first-order chi connectivity index (χ1) is 8.19. The number of nitrogens with zero attached hydrogens (tertiary/aromatic N) is 2. The second-order valence-electron chi connectivity index (χ2n) is 5.44. The van der Waals surface area contributed by atoms with E-state index in [1.165, 1.54) is 38.3 Å². The molecule has 17 heavy (non-hydrogen) atoms. The Bertz CT molecular complexity index is 464. The highest BCUT2D eigenvalue weighted by atomic mass is 16.6. The highest BCUT2D eigenvalue weighted by molar-refractivity contribution is 5.36. The van der Waals surface area contributed by atoms with E-state index >= 15 is 0 Å². The zero-order valence-corrected chi connectivity index (χ0v) is 9.82. The van der Waals surface area contributed by atoms with Crippen molar-refractivity contribution in [1.29, 1.82) is 0 Å². The molecule has 1 fully saturated rings. The van der Waals surface area contributed by atoms with Gasteiger partial charge in [0.25, 0.3) is 5.69 Å². The van der Waals surface area contributed by atoms with Crippen molar-refractivity contribution in [3.63, 3.8) is 0 Å². The minimum absolute atomic E-state index is 0.131. The summed E-state index contributed by atoms with van der Waals surface area (Å²) in [6, 6.07) is 1.71. The number of rotatable bonds is 1. The van der Waals surface area contributed by atoms with Crippen LogP contribution in [0.2, 0.25) is 0 Å². The number of hydrogen-bond acceptors (Lipinski definition) is 3. The predicted octanol–water partition coefficient (Wildman–Crippen LogP) is 3.04. The fraction of sp³-hybridized carbons (Fsp3) is 0.615. The van der Waals surface area contributed by atoms with Gasteiger partial charge in [0.2, 0.25) is 0 Å². The number of aromatic nitrogens is 1. The Balaban J connectivity index is 1.91. The molecule has 0 aromatic carbocycles. The van der Waals surface area contributed by atoms with E-state index in [2.05, 4.69) is 4.98 Å². The molecule has 0 radical (unpaired) electrons. The van der Waals surface area contributed by atoms with Crippen LogP contribution in [0.1, 0.15) is 43.4 Å². The Morgan fingerprint density at radius 2 is 2.06 bits per heavy atom. The molecule has 0 aliphatic heterocycles. The first-order valence-corrected chi connectivity index (χ1v) is 6.31. The summed E-state index contributed by atoms with van der Waals surface area (Å²) in [4.78, 5) is 14.7. The van der Waals surface area contributed by atoms with Gasteiger partial charge in [-0.2, -0.15) is 0 Å². The summed E-state index contributed by atoms with van der Waals surface area (Å²) in [5.74, 6) is 0. The van der Waals surface area contributed by atoms with Crippen molar-refractivity contribution in [1.82, 2.24) is 4.98 Å². The largest absolute Gasteiger partial charge is 0.287 e. The maximum atomic E-state index is 10.7. The minimum atomic E-state index is -0.354. The fourth-order valence-corrected chi connectivity index (χ4v) is 3.40. The van der Waals surface area contributed by atoms with Crippen LogP contribution in [0.3, 0.4) is 0 Å². The number of nitro groups is 1. The van der Waals surface area contributed by atoms with Crippen molar-refractivity contribution in [2.75, 3.05) is 0 Å². The number of pyridine rings is 1. The van der Waals surface area contributed by atoms with E-state index in [1.54, 1.807) is 6.07 Å². The molecule has 1 aromatic rings. The molecule has 4 nitrogen and oxygen atoms in total. The topological polar surface area (TPSA) is 56.0 Å². The lowest BCUT2D eigenvalue weighted by Gasteiger charge is -2.33. The van der Waals surface area contributed by atoms with Crippen LogP contribution in [-0.2, 0) is 12.8 Å². The van der Waals surface area contributed by atoms with Gasteiger partial charge in [0.15, 0.2) is 0 Å². The van der Waals surface area contributed by atoms with E-state index in [0.29, 0.717) is 5.41 Å². The molecule has 4 heteroatoms. The number of hydrogen-bond donors (Lipinski definition) is 0. The average Bonchev–Trinajstić information content (AvgIpc) is 2.76. The smallest absolute Gasteiger partial charge is 0.258 e. The van der Waals surface area contributed by atoms with Crippen molar-refractivity contribution < 1.29 is 4.92 Å². The van der Waals surface area contributed by atoms with Crippen LogP contribution in [0.4, 0.5) is 5.69 Å². The molecule has 2 aliphatic carbocycles. The van der Waals surface area contributed by atoms with E-state index < -0.39 is 0 Å². The molecule has 1 saturated carbocycles. The Hall–Kier alpha value is -1.45. The second-order valence-corrected chi connectivity index (χ2v) is 5.44. The summed E-state index contributed by atoms with van der Waals surface area (Å²) < 4.78 is 0. The van der Waals surface area contributed by atoms with E-state index in [4.69, 9.17) is 0 Å². The summed E-state index contributed by atoms with van der Waals surface area (Å²) in [6.07, 6.45) is 9.88. The predicted molar refractivity (Wildman–Crippen MR) is 63.8 cm³/mol. The Morgan fingerprint density at radius 1 is 1.29 bits per heavy atom. The molecule has 2 aliphatic rings. The molecule has 0 amide bonds. The normalized spacial score (nSPS) is 21.4. The quantitative estimate of drug-likeness (QED) is 0.552. The van der Waals surface area contributed by atoms with Gasteiger partial charge in [0.05, 0.1) is 4.92 Å². The summed E-state index contributed by atoms with van der Waals surface area (Å²) in [7, 11) is 0. The lowest BCUT2D eigenvalue weighted by Crippen LogP contribution is -2.26. The van der Waals surface area contributed by atoms with Crippen molar-refractivity contribution in [2.45, 2.75) is 44.9 Å². The lowest BCUT2D eigenvalue weighted by molar-refractivity contribution is -0.385. The lowest BCUT2D eigenvalue weighted by atomic mass is 9.72. The molecular formula is C13H16N2O2. The van der Waals surface area contributed by atoms with Crippen LogP contribution in [0.15, 0.2) is 12.3 Å². The third-order valence-electron chi connectivity index (χ3n) is 4.39. The fourth-order valence-electron chi connectivity index (χ4n) is 3.40. The zero-order chi connectivity index (χ0) is 11.9. The molecule has 0 atom stereocenters. The highest BCUT2D eigenvalue weighted by Gasteiger charge is 2.37. The monoisotopic (exact) mass is 232 g/mol. The summed E-state index contributed by atoms with van der Waals surface area (Å²) in [5, 5.41) is 10.7. The maximum Gasteiger partial charge on any atom is 0.287 e. The summed E-state index contributed by atoms with van der Waals surface area (Å²) >= 11 is 0. The molecule has 0 N–H and O–H groups in total. The molecule has 0 saturated heterocycles. The average molecular weight is 232 g/mol. The van der Waals surface area contributed by atoms with Crippen molar-refractivity contribution in [3.8, 4) is 0 Å². The van der Waals surface area contributed by atoms with Crippen molar-refractivity contribution >= 4 is 5.69 Å². The van der Waals surface area contributed by atoms with E-state index in [-0.39, 0.29) is 10.6 Å². The Labute approximate surface area is 100 Å². The van der Waals surface area contributed by atoms with Gasteiger partial charge in [0, 0.05) is 11.8 Å². The molecule has 3 rings (SSSR count). The van der Waals surface area contributed by atoms with Crippen LogP contribution in [0.25, 0.3) is 0 Å². The van der Waals surface area contributed by atoms with Crippen LogP contribution < -0.4 is 0 Å². The Morgan fingerprint density at radius 3 is 2.76 bits per heavy atom. The first-order valence-electron chi connectivity index (χ1n) is 6.31. The van der Waals surface area contributed by atoms with Gasteiger partial charge in [-0.3, -0.25) is 15.1 Å². The van der Waals surface area contributed by atoms with E-state index in [9.17, 15) is 10.1 Å². The van der Waals surface area contributed by atoms with Crippen molar-refractivity contribution in [2.24, 2.45) is 5.41 Å². The zero-order valence-electron chi connectivity index (χ0n) is 9.82. The standard InChI is InChI=1S/C13H16N2O2/c16-15(17)11-7-10-3-6-13(4-1-2-5-13)8-12(10)14-9-11/h7,9H,1-6,8H2. The summed E-state index contributed by atoms with van der Waals surface area (Å²) in [6.45, 7) is 0.